The van der Waals surface area contributed by atoms with Crippen molar-refractivity contribution in [3.05, 3.63) is 28.4 Å². The molecule has 0 aromatic carbocycles. The van der Waals surface area contributed by atoms with Gasteiger partial charge in [0, 0.05) is 23.8 Å². The first-order chi connectivity index (χ1) is 8.18. The molecule has 0 aliphatic carbocycles. The number of nitrogens with zero attached hydrogens (tertiary/aromatic N) is 3. The molecule has 4 nitrogen and oxygen atoms in total. The smallest absolute Gasteiger partial charge is 0.276 e. The highest BCUT2D eigenvalue weighted by Crippen LogP contribution is 2.24. The second-order valence-electron chi connectivity index (χ2n) is 5.04. The summed E-state index contributed by atoms with van der Waals surface area (Å²) in [5, 5.41) is 6.15. The summed E-state index contributed by atoms with van der Waals surface area (Å²) >= 11 is 0. The summed E-state index contributed by atoms with van der Waals surface area (Å²) in [6, 6.07) is 0.115. The third-order valence-electron chi connectivity index (χ3n) is 3.53. The van der Waals surface area contributed by atoms with Gasteiger partial charge in [-0.25, -0.2) is 4.68 Å². The van der Waals surface area contributed by atoms with E-state index in [4.69, 9.17) is 0 Å². The first kappa shape index (κ1) is 10.6. The van der Waals surface area contributed by atoms with Gasteiger partial charge in [0.05, 0.1) is 17.6 Å². The van der Waals surface area contributed by atoms with E-state index in [1.807, 2.05) is 26.2 Å². The van der Waals surface area contributed by atoms with E-state index in [9.17, 15) is 4.79 Å². The molecule has 0 N–H and O–H groups in total. The fraction of sp³-hybridized carbons (Fsp3) is 0.538. The predicted octanol–water partition coefficient (Wildman–Crippen LogP) is 2.12. The Kier molecular flexibility index (Phi) is 2.31. The van der Waals surface area contributed by atoms with Gasteiger partial charge in [0.1, 0.15) is 0 Å². The maximum absolute atomic E-state index is 12.3. The molecule has 0 unspecified atom stereocenters. The number of aromatic nitrogens is 3. The Hall–Kier alpha value is -1.58. The fourth-order valence-electron chi connectivity index (χ4n) is 2.64. The minimum absolute atomic E-state index is 0.0411. The highest BCUT2D eigenvalue weighted by Gasteiger charge is 2.17. The summed E-state index contributed by atoms with van der Waals surface area (Å²) in [6.07, 6.45) is 7.35. The lowest BCUT2D eigenvalue weighted by atomic mass is 10.1. The van der Waals surface area contributed by atoms with E-state index in [-0.39, 0.29) is 11.6 Å². The first-order valence-electron chi connectivity index (χ1n) is 6.28. The third-order valence-corrected chi connectivity index (χ3v) is 3.53. The van der Waals surface area contributed by atoms with Crippen LogP contribution in [0.1, 0.15) is 38.4 Å². The summed E-state index contributed by atoms with van der Waals surface area (Å²) in [5.41, 5.74) is 1.33. The molecule has 0 bridgehead atoms. The van der Waals surface area contributed by atoms with Crippen LogP contribution in [-0.2, 0) is 13.0 Å². The highest BCUT2D eigenvalue weighted by molar-refractivity contribution is 5.84. The van der Waals surface area contributed by atoms with Crippen molar-refractivity contribution < 1.29 is 0 Å². The molecule has 0 amide bonds. The molecule has 0 atom stereocenters. The van der Waals surface area contributed by atoms with Gasteiger partial charge in [-0.1, -0.05) is 0 Å². The van der Waals surface area contributed by atoms with E-state index in [1.165, 1.54) is 18.5 Å². The Morgan fingerprint density at radius 1 is 1.29 bits per heavy atom. The molecule has 0 spiro atoms. The summed E-state index contributed by atoms with van der Waals surface area (Å²) in [5.74, 6) is 0. The molecule has 17 heavy (non-hydrogen) atoms. The minimum atomic E-state index is 0.0411. The van der Waals surface area contributed by atoms with E-state index < -0.39 is 0 Å². The Labute approximate surface area is 99.9 Å². The molecular formula is C13H17N3O. The van der Waals surface area contributed by atoms with Crippen molar-refractivity contribution >= 4 is 10.8 Å². The molecule has 2 aromatic rings. The van der Waals surface area contributed by atoms with Crippen LogP contribution in [0.2, 0.25) is 0 Å². The van der Waals surface area contributed by atoms with Gasteiger partial charge in [0.2, 0.25) is 0 Å². The molecule has 0 saturated carbocycles. The number of aryl methyl sites for hydroxylation is 2. The second kappa shape index (κ2) is 3.72. The van der Waals surface area contributed by atoms with E-state index in [0.29, 0.717) is 0 Å². The number of hydrogen-bond acceptors (Lipinski definition) is 2. The lowest BCUT2D eigenvalue weighted by Gasteiger charge is -2.14. The van der Waals surface area contributed by atoms with E-state index >= 15 is 0 Å². The molecule has 2 aromatic heterocycles. The SMILES string of the molecule is CC(C)n1ncc2c3n(cc2c1=O)CCCC3. The zero-order chi connectivity index (χ0) is 12.0. The lowest BCUT2D eigenvalue weighted by molar-refractivity contribution is 0.507. The van der Waals surface area contributed by atoms with Crippen LogP contribution in [0, 0.1) is 0 Å². The normalized spacial score (nSPS) is 15.5. The number of hydrogen-bond donors (Lipinski definition) is 0. The van der Waals surface area contributed by atoms with Crippen molar-refractivity contribution in [2.45, 2.75) is 45.7 Å². The van der Waals surface area contributed by atoms with Crippen LogP contribution in [0.3, 0.4) is 0 Å². The molecule has 3 heterocycles. The fourth-order valence-corrected chi connectivity index (χ4v) is 2.64. The van der Waals surface area contributed by atoms with Gasteiger partial charge in [0.15, 0.2) is 0 Å². The number of fused-ring (bicyclic) bond motifs is 3. The van der Waals surface area contributed by atoms with Crippen LogP contribution in [0.4, 0.5) is 0 Å². The van der Waals surface area contributed by atoms with Gasteiger partial charge in [-0.15, -0.1) is 0 Å². The Bertz CT molecular complexity index is 621. The Morgan fingerprint density at radius 2 is 2.12 bits per heavy atom. The average molecular weight is 231 g/mol. The largest absolute Gasteiger partial charge is 0.350 e. The molecule has 0 saturated heterocycles. The van der Waals surface area contributed by atoms with Gasteiger partial charge in [-0.05, 0) is 33.1 Å². The molecule has 1 aliphatic heterocycles. The van der Waals surface area contributed by atoms with E-state index in [2.05, 4.69) is 9.67 Å². The minimum Gasteiger partial charge on any atom is -0.350 e. The average Bonchev–Trinajstić information content (AvgIpc) is 2.69. The zero-order valence-electron chi connectivity index (χ0n) is 10.3. The second-order valence-corrected chi connectivity index (χ2v) is 5.04. The molecular weight excluding hydrogens is 214 g/mol. The van der Waals surface area contributed by atoms with Gasteiger partial charge in [0.25, 0.3) is 5.56 Å². The van der Waals surface area contributed by atoms with Crippen LogP contribution >= 0.6 is 0 Å². The summed E-state index contributed by atoms with van der Waals surface area (Å²) < 4.78 is 3.79. The van der Waals surface area contributed by atoms with Crippen LogP contribution in [0.25, 0.3) is 10.8 Å². The monoisotopic (exact) mass is 231 g/mol. The zero-order valence-corrected chi connectivity index (χ0v) is 10.3. The molecule has 0 fully saturated rings. The van der Waals surface area contributed by atoms with Gasteiger partial charge in [-0.2, -0.15) is 5.10 Å². The molecule has 0 radical (unpaired) electrons. The highest BCUT2D eigenvalue weighted by atomic mass is 16.1. The van der Waals surface area contributed by atoms with Gasteiger partial charge >= 0.3 is 0 Å². The maximum atomic E-state index is 12.3. The van der Waals surface area contributed by atoms with Crippen LogP contribution in [-0.4, -0.2) is 14.3 Å². The maximum Gasteiger partial charge on any atom is 0.276 e. The predicted molar refractivity (Wildman–Crippen MR) is 67.3 cm³/mol. The summed E-state index contributed by atoms with van der Waals surface area (Å²) in [4.78, 5) is 12.3. The molecule has 4 heteroatoms. The van der Waals surface area contributed by atoms with Crippen molar-refractivity contribution in [2.24, 2.45) is 0 Å². The van der Waals surface area contributed by atoms with E-state index in [1.54, 1.807) is 4.68 Å². The topological polar surface area (TPSA) is 39.8 Å². The van der Waals surface area contributed by atoms with E-state index in [0.717, 1.165) is 23.7 Å². The van der Waals surface area contributed by atoms with Gasteiger partial charge < -0.3 is 4.57 Å². The third kappa shape index (κ3) is 1.51. The Morgan fingerprint density at radius 3 is 2.88 bits per heavy atom. The van der Waals surface area contributed by atoms with Crippen molar-refractivity contribution in [2.75, 3.05) is 0 Å². The molecule has 90 valence electrons. The lowest BCUT2D eigenvalue weighted by Crippen LogP contribution is -2.23. The van der Waals surface area contributed by atoms with Gasteiger partial charge in [-0.3, -0.25) is 4.79 Å². The van der Waals surface area contributed by atoms with Crippen LogP contribution in [0.15, 0.2) is 17.2 Å². The first-order valence-corrected chi connectivity index (χ1v) is 6.28. The molecule has 3 rings (SSSR count). The Balaban J connectivity index is 2.31. The summed E-state index contributed by atoms with van der Waals surface area (Å²) in [7, 11) is 0. The van der Waals surface area contributed by atoms with Crippen molar-refractivity contribution in [1.29, 1.82) is 0 Å². The van der Waals surface area contributed by atoms with Crippen molar-refractivity contribution in [1.82, 2.24) is 14.3 Å². The van der Waals surface area contributed by atoms with Crippen molar-refractivity contribution in [3.63, 3.8) is 0 Å². The van der Waals surface area contributed by atoms with Crippen LogP contribution < -0.4 is 5.56 Å². The standard InChI is InChI=1S/C13H17N3O/c1-9(2)16-13(17)11-8-15-6-4-3-5-12(15)10(11)7-14-16/h7-9H,3-6H2,1-2H3. The summed E-state index contributed by atoms with van der Waals surface area (Å²) in [6.45, 7) is 5.00. The number of rotatable bonds is 1. The van der Waals surface area contributed by atoms with Crippen LogP contribution in [0.5, 0.6) is 0 Å². The quantitative estimate of drug-likeness (QED) is 0.754. The van der Waals surface area contributed by atoms with Crippen molar-refractivity contribution in [3.8, 4) is 0 Å². The molecule has 1 aliphatic rings.